The molecule has 4 atom stereocenters. The number of sulfone groups is 1. The third-order valence-electron chi connectivity index (χ3n) is 8.16. The summed E-state index contributed by atoms with van der Waals surface area (Å²) in [5.74, 6) is -5.70. The fourth-order valence-electron chi connectivity index (χ4n) is 5.60. The van der Waals surface area contributed by atoms with Crippen molar-refractivity contribution >= 4 is 85.2 Å². The third-order valence-corrected chi connectivity index (χ3v) is 14.1. The molecular weight excluding hydrogens is 844 g/mol. The van der Waals surface area contributed by atoms with Gasteiger partial charge in [-0.05, 0) is 19.4 Å². The maximum atomic E-state index is 12.9. The number of amides is 3. The van der Waals surface area contributed by atoms with Crippen molar-refractivity contribution in [2.24, 2.45) is 12.2 Å². The number of hydrogen-bond acceptors (Lipinski definition) is 20. The van der Waals surface area contributed by atoms with Gasteiger partial charge in [-0.1, -0.05) is 16.9 Å². The van der Waals surface area contributed by atoms with Gasteiger partial charge in [-0.25, -0.2) is 18.1 Å². The maximum Gasteiger partial charge on any atom is 1.00 e. The van der Waals surface area contributed by atoms with Gasteiger partial charge in [-0.3, -0.25) is 24.1 Å². The summed E-state index contributed by atoms with van der Waals surface area (Å²) in [4.78, 5) is 85.5. The smallest absolute Gasteiger partial charge is 0.854 e. The minimum absolute atomic E-state index is 0. The molecule has 2 aromatic rings. The van der Waals surface area contributed by atoms with Crippen LogP contribution in [0.2, 0.25) is 0 Å². The number of carbonyl (C=O) groups excluding carboxylic acids is 5. The number of aliphatic carboxylic acids is 2. The van der Waals surface area contributed by atoms with Crippen LogP contribution < -0.4 is 121 Å². The van der Waals surface area contributed by atoms with E-state index in [0.29, 0.717) is 5.57 Å². The molecule has 0 radical (unpaired) electrons. The van der Waals surface area contributed by atoms with Gasteiger partial charge in [0.2, 0.25) is 5.91 Å². The molecule has 6 rings (SSSR count). The molecule has 0 unspecified atom stereocenters. The summed E-state index contributed by atoms with van der Waals surface area (Å²) in [6.07, 6.45) is -0.116. The quantitative estimate of drug-likeness (QED) is 0.0777. The normalized spacial score (nSPS) is 22.6. The number of nitrogen functional groups attached to an aromatic ring is 1. The summed E-state index contributed by atoms with van der Waals surface area (Å²) < 4.78 is 23.3. The molecule has 0 spiro atoms. The van der Waals surface area contributed by atoms with E-state index in [1.807, 2.05) is 0 Å². The number of aromatic nitrogens is 4. The Hall–Kier alpha value is -1.79. The van der Waals surface area contributed by atoms with Gasteiger partial charge in [-0.15, -0.1) is 23.1 Å². The fourth-order valence-corrected chi connectivity index (χ4v) is 10.7. The molecule has 3 saturated heterocycles. The van der Waals surface area contributed by atoms with E-state index in [1.54, 1.807) is 0 Å². The molecule has 4 aliphatic heterocycles. The molecule has 0 bridgehead atoms. The van der Waals surface area contributed by atoms with Crippen molar-refractivity contribution < 1.29 is 147 Å². The summed E-state index contributed by atoms with van der Waals surface area (Å²) >= 11 is 3.31. The van der Waals surface area contributed by atoms with Gasteiger partial charge in [0.1, 0.15) is 29.6 Å². The van der Waals surface area contributed by atoms with Gasteiger partial charge >= 0.3 is 88.7 Å². The number of thioether (sulfide) groups is 2. The number of oxime groups is 1. The van der Waals surface area contributed by atoms with Gasteiger partial charge in [0.05, 0.1) is 40.7 Å². The zero-order valence-corrected chi connectivity index (χ0v) is 39.5. The number of β-lactam (4-membered cyclic amide) rings is 2. The van der Waals surface area contributed by atoms with Gasteiger partial charge < -0.3 is 51.2 Å². The predicted octanol–water partition coefficient (Wildman–Crippen LogP) is -15.1. The molecule has 22 nitrogen and oxygen atoms in total. The Balaban J connectivity index is 0.000000674. The van der Waals surface area contributed by atoms with Crippen molar-refractivity contribution in [1.82, 2.24) is 34.9 Å². The van der Waals surface area contributed by atoms with Crippen molar-refractivity contribution in [1.29, 1.82) is 0 Å². The molecule has 0 aliphatic carbocycles. The van der Waals surface area contributed by atoms with Crippen molar-refractivity contribution in [3.05, 3.63) is 32.7 Å². The standard InChI is InChI=1S/C18H18N8O7S3.C8H11NO5S.3Na.H2O/c1-25-18(22-12(28)13(29)23-25)36-4-6-3-34-15-9(14(30)26(15)10(6)16(31)32)21-11(27)8(24-33-2)7-5-35-17(19)20-7;1-8(2)6(7(11)12)9-4(10)3-5(9)15(8,13)14;;;;/h5,9,15H,3-4H2,1-2H3,(H2,19,20)(H,21,27)(H,23,29)(H,31,32);5-6H,3H2,1-2H3,(H,11,12);;;;1H2/q;;3*+1;/p-3/b24-8-;;;;;/t9-,15-;5-,6+;;;;/m11..../s1. The molecule has 0 aromatic carbocycles. The van der Waals surface area contributed by atoms with E-state index in [4.69, 9.17) is 10.6 Å². The number of fused-ring (bicyclic) bond motifs is 2. The first-order chi connectivity index (χ1) is 23.8. The van der Waals surface area contributed by atoms with E-state index in [1.165, 1.54) is 45.1 Å². The Morgan fingerprint density at radius 2 is 1.80 bits per heavy atom. The zero-order valence-electron chi connectivity index (χ0n) is 30.2. The van der Waals surface area contributed by atoms with Crippen LogP contribution in [0.3, 0.4) is 0 Å². The van der Waals surface area contributed by atoms with E-state index in [0.717, 1.165) is 37.6 Å². The van der Waals surface area contributed by atoms with Crippen LogP contribution in [0.1, 0.15) is 26.0 Å². The molecule has 282 valence electrons. The number of aryl methyl sites for hydroxylation is 1. The summed E-state index contributed by atoms with van der Waals surface area (Å²) in [6.45, 7) is 2.63. The number of carbonyl (C=O) groups is 5. The number of hydrogen-bond donors (Lipinski definition) is 2. The topological polar surface area (TPSA) is 347 Å². The summed E-state index contributed by atoms with van der Waals surface area (Å²) in [6, 6.07) is -2.39. The predicted molar refractivity (Wildman–Crippen MR) is 175 cm³/mol. The number of nitrogens with zero attached hydrogens (tertiary/aromatic N) is 7. The monoisotopic (exact) mass is 871 g/mol. The Labute approximate surface area is 390 Å². The number of carboxylic acids is 2. The van der Waals surface area contributed by atoms with Gasteiger partial charge in [-0.2, -0.15) is 10.1 Å². The van der Waals surface area contributed by atoms with Gasteiger partial charge in [0, 0.05) is 23.9 Å². The second kappa shape index (κ2) is 19.8. The van der Waals surface area contributed by atoms with E-state index in [9.17, 15) is 52.5 Å². The molecule has 5 N–H and O–H groups in total. The van der Waals surface area contributed by atoms with Crippen molar-refractivity contribution in [3.8, 4) is 5.88 Å². The van der Waals surface area contributed by atoms with Crippen LogP contribution >= 0.6 is 34.9 Å². The first-order valence-electron chi connectivity index (χ1n) is 14.4. The molecule has 4 aliphatic rings. The van der Waals surface area contributed by atoms with Crippen LogP contribution in [0.15, 0.2) is 31.8 Å². The average Bonchev–Trinajstić information content (AvgIpc) is 3.53. The Morgan fingerprint density at radius 1 is 1.16 bits per heavy atom. The van der Waals surface area contributed by atoms with Crippen molar-refractivity contribution in [2.75, 3.05) is 24.3 Å². The van der Waals surface area contributed by atoms with Crippen LogP contribution in [-0.2, 0) is 45.7 Å². The first kappa shape index (κ1) is 51.2. The Morgan fingerprint density at radius 3 is 2.31 bits per heavy atom. The molecule has 3 amide bonds. The molecular formula is C26H28N9Na3O13S4. The van der Waals surface area contributed by atoms with Crippen LogP contribution in [0.4, 0.5) is 5.13 Å². The SMILES string of the molecule is CC1(C)[C@H](C(=O)[O-])N2C(=O)C[C@H]2S1(=O)=O.CO/N=C(\C(=O)N[C@@H]1C(=O)N2C(C(=O)[O-])=C(CSc3nc(=O)c([O-])nn3C)CS[C@H]12)c1csc(N)n1.O.[Na+].[Na+].[Na+]. The second-order valence-corrected chi connectivity index (χ2v) is 17.2. The second-order valence-electron chi connectivity index (χ2n) is 11.5. The van der Waals surface area contributed by atoms with E-state index in [-0.39, 0.29) is 139 Å². The molecule has 0 saturated carbocycles. The van der Waals surface area contributed by atoms with Crippen molar-refractivity contribution in [3.63, 3.8) is 0 Å². The number of carboxylic acid groups (broad SMARTS) is 2. The number of rotatable bonds is 9. The van der Waals surface area contributed by atoms with Crippen LogP contribution in [0.5, 0.6) is 5.88 Å². The molecule has 55 heavy (non-hydrogen) atoms. The number of nitrogens with two attached hydrogens (primary N) is 1. The number of nitrogens with one attached hydrogen (secondary N) is 1. The number of anilines is 1. The minimum Gasteiger partial charge on any atom is -0.854 e. The fraction of sp³-hybridized carbons (Fsp3) is 0.462. The Kier molecular flexibility index (Phi) is 18.4. The molecule has 6 heterocycles. The molecule has 3 fully saturated rings. The maximum absolute atomic E-state index is 12.9. The largest absolute Gasteiger partial charge is 1.00 e. The van der Waals surface area contributed by atoms with Gasteiger partial charge in [0.15, 0.2) is 25.8 Å². The molecule has 29 heteroatoms. The summed E-state index contributed by atoms with van der Waals surface area (Å²) in [5.41, 5.74) is 4.57. The third kappa shape index (κ3) is 9.58. The summed E-state index contributed by atoms with van der Waals surface area (Å²) in [7, 11) is -0.947. The molecule has 2 aromatic heterocycles. The first-order valence-corrected chi connectivity index (χ1v) is 18.8. The average molecular weight is 872 g/mol. The van der Waals surface area contributed by atoms with Crippen LogP contribution in [0, 0.1) is 0 Å². The van der Waals surface area contributed by atoms with Crippen LogP contribution in [-0.4, -0.2) is 125 Å². The summed E-state index contributed by atoms with van der Waals surface area (Å²) in [5, 5.41) is 44.0. The van der Waals surface area contributed by atoms with E-state index in [2.05, 4.69) is 25.5 Å². The minimum atomic E-state index is -3.61. The number of thiazole rings is 1. The zero-order chi connectivity index (χ0) is 37.7. The van der Waals surface area contributed by atoms with Crippen molar-refractivity contribution in [2.45, 2.75) is 53.0 Å². The van der Waals surface area contributed by atoms with E-state index < -0.39 is 78.5 Å². The van der Waals surface area contributed by atoms with Crippen LogP contribution in [0.25, 0.3) is 0 Å². The Bertz CT molecular complexity index is 2100. The van der Waals surface area contributed by atoms with Gasteiger partial charge in [0.25, 0.3) is 17.4 Å². The van der Waals surface area contributed by atoms with E-state index >= 15 is 0 Å².